The van der Waals surface area contributed by atoms with Gasteiger partial charge in [0.05, 0.1) is 18.7 Å². The van der Waals surface area contributed by atoms with Crippen LogP contribution in [0.5, 0.6) is 0 Å². The quantitative estimate of drug-likeness (QED) is 0.743. The van der Waals surface area contributed by atoms with Gasteiger partial charge in [0, 0.05) is 11.2 Å². The molecule has 0 spiro atoms. The number of hydrogen-bond acceptors (Lipinski definition) is 2. The van der Waals surface area contributed by atoms with E-state index < -0.39 is 0 Å². The van der Waals surface area contributed by atoms with Crippen molar-refractivity contribution in [1.29, 1.82) is 0 Å². The number of amides is 1. The SMILES string of the molecule is O=C(Cc1ccc(Cl)cc1)NCc1cn2c(Cl)cccc2n1. The minimum absolute atomic E-state index is 0.0644. The lowest BCUT2D eigenvalue weighted by molar-refractivity contribution is -0.120. The van der Waals surface area contributed by atoms with Crippen molar-refractivity contribution in [2.75, 3.05) is 0 Å². The highest BCUT2D eigenvalue weighted by Gasteiger charge is 2.07. The molecule has 3 aromatic rings. The fourth-order valence-corrected chi connectivity index (χ4v) is 2.49. The Morgan fingerprint density at radius 1 is 1.14 bits per heavy atom. The van der Waals surface area contributed by atoms with Crippen LogP contribution in [0.1, 0.15) is 11.3 Å². The number of fused-ring (bicyclic) bond motifs is 1. The van der Waals surface area contributed by atoms with E-state index >= 15 is 0 Å². The van der Waals surface area contributed by atoms with Gasteiger partial charge in [0.15, 0.2) is 0 Å². The number of aromatic nitrogens is 2. The molecule has 1 N–H and O–H groups in total. The van der Waals surface area contributed by atoms with E-state index in [9.17, 15) is 4.79 Å². The first-order valence-corrected chi connectivity index (χ1v) is 7.51. The van der Waals surface area contributed by atoms with E-state index in [0.717, 1.165) is 16.9 Å². The van der Waals surface area contributed by atoms with Crippen molar-refractivity contribution in [3.8, 4) is 0 Å². The summed E-state index contributed by atoms with van der Waals surface area (Å²) in [5.41, 5.74) is 2.44. The number of carbonyl (C=O) groups excluding carboxylic acids is 1. The number of halogens is 2. The van der Waals surface area contributed by atoms with E-state index in [1.54, 1.807) is 22.6 Å². The van der Waals surface area contributed by atoms with Crippen LogP contribution >= 0.6 is 23.2 Å². The summed E-state index contributed by atoms with van der Waals surface area (Å²) in [5.74, 6) is -0.0644. The van der Waals surface area contributed by atoms with Crippen molar-refractivity contribution < 1.29 is 4.79 Å². The van der Waals surface area contributed by atoms with Gasteiger partial charge in [0.25, 0.3) is 0 Å². The van der Waals surface area contributed by atoms with E-state index in [1.165, 1.54) is 0 Å². The molecule has 0 bridgehead atoms. The third kappa shape index (κ3) is 3.40. The molecule has 6 heteroatoms. The standard InChI is InChI=1S/C16H13Cl2N3O/c17-12-6-4-11(5-7-12)8-16(22)19-9-13-10-21-14(18)2-1-3-15(21)20-13/h1-7,10H,8-9H2,(H,19,22). The molecule has 0 unspecified atom stereocenters. The molecular weight excluding hydrogens is 321 g/mol. The molecule has 0 atom stereocenters. The summed E-state index contributed by atoms with van der Waals surface area (Å²) < 4.78 is 1.78. The highest BCUT2D eigenvalue weighted by molar-refractivity contribution is 6.30. The second-order valence-electron chi connectivity index (χ2n) is 4.89. The van der Waals surface area contributed by atoms with Crippen molar-refractivity contribution in [1.82, 2.24) is 14.7 Å². The van der Waals surface area contributed by atoms with Gasteiger partial charge in [-0.3, -0.25) is 9.20 Å². The van der Waals surface area contributed by atoms with Crippen molar-refractivity contribution in [3.63, 3.8) is 0 Å². The van der Waals surface area contributed by atoms with Gasteiger partial charge in [-0.05, 0) is 29.8 Å². The molecule has 0 saturated heterocycles. The third-order valence-electron chi connectivity index (χ3n) is 3.24. The fraction of sp³-hybridized carbons (Fsp3) is 0.125. The van der Waals surface area contributed by atoms with E-state index in [0.29, 0.717) is 23.1 Å². The number of nitrogens with zero attached hydrogens (tertiary/aromatic N) is 2. The van der Waals surface area contributed by atoms with Gasteiger partial charge in [0.1, 0.15) is 10.8 Å². The molecule has 0 saturated carbocycles. The fourth-order valence-electron chi connectivity index (χ4n) is 2.15. The molecule has 22 heavy (non-hydrogen) atoms. The molecule has 2 aromatic heterocycles. The Morgan fingerprint density at radius 3 is 2.64 bits per heavy atom. The lowest BCUT2D eigenvalue weighted by atomic mass is 10.1. The predicted molar refractivity (Wildman–Crippen MR) is 87.2 cm³/mol. The number of rotatable bonds is 4. The second kappa shape index (κ2) is 6.38. The van der Waals surface area contributed by atoms with Crippen LogP contribution in [0.3, 0.4) is 0 Å². The Bertz CT molecular complexity index is 812. The van der Waals surface area contributed by atoms with E-state index in [1.807, 2.05) is 30.5 Å². The largest absolute Gasteiger partial charge is 0.350 e. The van der Waals surface area contributed by atoms with Crippen LogP contribution in [-0.2, 0) is 17.8 Å². The minimum atomic E-state index is -0.0644. The molecule has 4 nitrogen and oxygen atoms in total. The maximum atomic E-state index is 11.9. The number of carbonyl (C=O) groups is 1. The van der Waals surface area contributed by atoms with Crippen LogP contribution in [0.25, 0.3) is 5.65 Å². The van der Waals surface area contributed by atoms with Gasteiger partial charge in [-0.15, -0.1) is 0 Å². The molecule has 0 aliphatic heterocycles. The van der Waals surface area contributed by atoms with E-state index in [4.69, 9.17) is 23.2 Å². The Hall–Kier alpha value is -2.04. The lowest BCUT2D eigenvalue weighted by Gasteiger charge is -2.03. The molecule has 0 aliphatic carbocycles. The van der Waals surface area contributed by atoms with Gasteiger partial charge in [-0.25, -0.2) is 4.98 Å². The van der Waals surface area contributed by atoms with E-state index in [2.05, 4.69) is 10.3 Å². The van der Waals surface area contributed by atoms with Gasteiger partial charge in [-0.1, -0.05) is 41.4 Å². The molecular formula is C16H13Cl2N3O. The molecule has 0 aliphatic rings. The summed E-state index contributed by atoms with van der Waals surface area (Å²) in [7, 11) is 0. The van der Waals surface area contributed by atoms with Gasteiger partial charge in [-0.2, -0.15) is 0 Å². The first kappa shape index (κ1) is 14.9. The van der Waals surface area contributed by atoms with Crippen molar-refractivity contribution in [2.45, 2.75) is 13.0 Å². The maximum Gasteiger partial charge on any atom is 0.224 e. The summed E-state index contributed by atoms with van der Waals surface area (Å²) in [6, 6.07) is 12.7. The highest BCUT2D eigenvalue weighted by atomic mass is 35.5. The van der Waals surface area contributed by atoms with Crippen LogP contribution in [-0.4, -0.2) is 15.3 Å². The number of pyridine rings is 1. The first-order valence-electron chi connectivity index (χ1n) is 6.75. The normalized spacial score (nSPS) is 10.8. The van der Waals surface area contributed by atoms with Gasteiger partial charge < -0.3 is 5.32 Å². The Kier molecular flexibility index (Phi) is 4.32. The summed E-state index contributed by atoms with van der Waals surface area (Å²) >= 11 is 11.9. The third-order valence-corrected chi connectivity index (χ3v) is 3.80. The van der Waals surface area contributed by atoms with Crippen LogP contribution in [0.4, 0.5) is 0 Å². The number of nitrogens with one attached hydrogen (secondary N) is 1. The van der Waals surface area contributed by atoms with Crippen molar-refractivity contribution in [2.24, 2.45) is 0 Å². The average Bonchev–Trinajstić information content (AvgIpc) is 2.92. The minimum Gasteiger partial charge on any atom is -0.350 e. The zero-order valence-electron chi connectivity index (χ0n) is 11.6. The number of imidazole rings is 1. The van der Waals surface area contributed by atoms with E-state index in [-0.39, 0.29) is 5.91 Å². The average molecular weight is 334 g/mol. The van der Waals surface area contributed by atoms with Crippen molar-refractivity contribution >= 4 is 34.8 Å². The smallest absolute Gasteiger partial charge is 0.224 e. The molecule has 112 valence electrons. The number of hydrogen-bond donors (Lipinski definition) is 1. The Morgan fingerprint density at radius 2 is 1.91 bits per heavy atom. The second-order valence-corrected chi connectivity index (χ2v) is 5.71. The Labute approximate surface area is 137 Å². The van der Waals surface area contributed by atoms with Gasteiger partial charge >= 0.3 is 0 Å². The summed E-state index contributed by atoms with van der Waals surface area (Å²) in [6.45, 7) is 0.366. The predicted octanol–water partition coefficient (Wildman–Crippen LogP) is 3.50. The summed E-state index contributed by atoms with van der Waals surface area (Å²) in [5, 5.41) is 4.10. The highest BCUT2D eigenvalue weighted by Crippen LogP contribution is 2.13. The molecule has 0 radical (unpaired) electrons. The van der Waals surface area contributed by atoms with Crippen LogP contribution < -0.4 is 5.32 Å². The topological polar surface area (TPSA) is 46.4 Å². The summed E-state index contributed by atoms with van der Waals surface area (Å²) in [4.78, 5) is 16.4. The number of benzene rings is 1. The molecule has 1 aromatic carbocycles. The Balaban J connectivity index is 1.62. The molecule has 3 rings (SSSR count). The molecule has 2 heterocycles. The summed E-state index contributed by atoms with van der Waals surface area (Å²) in [6.07, 6.45) is 2.13. The molecule has 1 amide bonds. The maximum absolute atomic E-state index is 11.9. The van der Waals surface area contributed by atoms with Crippen LogP contribution in [0, 0.1) is 0 Å². The van der Waals surface area contributed by atoms with Gasteiger partial charge in [0.2, 0.25) is 5.91 Å². The first-order chi connectivity index (χ1) is 10.6. The van der Waals surface area contributed by atoms with Crippen LogP contribution in [0.2, 0.25) is 10.2 Å². The van der Waals surface area contributed by atoms with Crippen molar-refractivity contribution in [3.05, 3.63) is 70.1 Å². The lowest BCUT2D eigenvalue weighted by Crippen LogP contribution is -2.24. The zero-order valence-corrected chi connectivity index (χ0v) is 13.1. The zero-order chi connectivity index (χ0) is 15.5. The molecule has 0 fully saturated rings. The monoisotopic (exact) mass is 333 g/mol. The van der Waals surface area contributed by atoms with Crippen LogP contribution in [0.15, 0.2) is 48.7 Å².